The number of likely N-dealkylation sites (tertiary alicyclic amines) is 1. The highest BCUT2D eigenvalue weighted by molar-refractivity contribution is 6.31. The molecule has 4 unspecified atom stereocenters. The number of amides is 2. The van der Waals surface area contributed by atoms with Crippen LogP contribution in [0.1, 0.15) is 45.6 Å². The molecule has 2 amide bonds. The Morgan fingerprint density at radius 1 is 1.19 bits per heavy atom. The van der Waals surface area contributed by atoms with E-state index in [1.54, 1.807) is 43.9 Å². The van der Waals surface area contributed by atoms with Gasteiger partial charge < -0.3 is 15.0 Å². The number of pyridine rings is 1. The number of carbonyl (C=O) groups is 2. The molecule has 2 bridgehead atoms. The van der Waals surface area contributed by atoms with Crippen LogP contribution in [0.15, 0.2) is 41.2 Å². The zero-order valence-corrected chi connectivity index (χ0v) is 21.8. The Labute approximate surface area is 219 Å². The fourth-order valence-electron chi connectivity index (χ4n) is 5.71. The number of hydrogen-bond donors (Lipinski definition) is 2. The summed E-state index contributed by atoms with van der Waals surface area (Å²) in [6, 6.07) is 11.5. The number of hydrogen-bond acceptors (Lipinski definition) is 5. The van der Waals surface area contributed by atoms with Crippen LogP contribution in [0.2, 0.25) is 5.02 Å². The summed E-state index contributed by atoms with van der Waals surface area (Å²) < 4.78 is 5.57. The summed E-state index contributed by atoms with van der Waals surface area (Å²) in [5, 5.41) is 15.3. The van der Waals surface area contributed by atoms with Gasteiger partial charge in [0.1, 0.15) is 17.7 Å². The number of nitrogens with one attached hydrogen (secondary N) is 2. The molecule has 37 heavy (non-hydrogen) atoms. The molecule has 0 spiro atoms. The zero-order valence-electron chi connectivity index (χ0n) is 21.0. The van der Waals surface area contributed by atoms with Gasteiger partial charge in [0.15, 0.2) is 0 Å². The maximum atomic E-state index is 13.3. The van der Waals surface area contributed by atoms with Gasteiger partial charge in [-0.25, -0.2) is 4.79 Å². The second-order valence-corrected chi connectivity index (χ2v) is 11.4. The van der Waals surface area contributed by atoms with Gasteiger partial charge in [-0.2, -0.15) is 5.26 Å². The van der Waals surface area contributed by atoms with Crippen molar-refractivity contribution in [2.45, 2.75) is 70.2 Å². The molecule has 5 rings (SSSR count). The van der Waals surface area contributed by atoms with Gasteiger partial charge in [-0.05, 0) is 75.1 Å². The Morgan fingerprint density at radius 3 is 2.68 bits per heavy atom. The van der Waals surface area contributed by atoms with Crippen molar-refractivity contribution in [3.63, 3.8) is 0 Å². The third-order valence-corrected chi connectivity index (χ3v) is 7.45. The first kappa shape index (κ1) is 25.1. The highest BCUT2D eigenvalue weighted by Gasteiger charge is 2.52. The van der Waals surface area contributed by atoms with Gasteiger partial charge in [-0.3, -0.25) is 14.5 Å². The Bertz CT molecular complexity index is 1500. The number of nitriles is 1. The van der Waals surface area contributed by atoms with Crippen molar-refractivity contribution in [1.29, 1.82) is 5.26 Å². The third-order valence-electron chi connectivity index (χ3n) is 7.22. The van der Waals surface area contributed by atoms with Gasteiger partial charge in [0.2, 0.25) is 5.91 Å². The first-order valence-electron chi connectivity index (χ1n) is 12.5. The molecule has 1 aromatic heterocycles. The summed E-state index contributed by atoms with van der Waals surface area (Å²) in [5.74, 6) is -0.288. The Balaban J connectivity index is 1.35. The van der Waals surface area contributed by atoms with Crippen LogP contribution in [0.4, 0.5) is 4.79 Å². The van der Waals surface area contributed by atoms with Crippen molar-refractivity contribution in [3.05, 3.63) is 57.3 Å². The maximum absolute atomic E-state index is 13.3. The van der Waals surface area contributed by atoms with Gasteiger partial charge >= 0.3 is 6.09 Å². The lowest BCUT2D eigenvalue weighted by Gasteiger charge is -2.35. The second kappa shape index (κ2) is 9.38. The molecule has 1 saturated carbocycles. The predicted octanol–water partition coefficient (Wildman–Crippen LogP) is 4.67. The second-order valence-electron chi connectivity index (χ2n) is 11.0. The SMILES string of the molecule is CC(C)(C)OC(=O)N1C2CCC(C2)C1C(=O)NC(C#N)Cc1ccc2c(c1)c(=O)[nH]c1cc(Cl)ccc12. The molecule has 3 aromatic rings. The number of nitrogens with zero attached hydrogens (tertiary/aromatic N) is 2. The number of ether oxygens (including phenoxy) is 1. The molecule has 2 aromatic carbocycles. The lowest BCUT2D eigenvalue weighted by atomic mass is 9.97. The van der Waals surface area contributed by atoms with Crippen LogP contribution in [0.3, 0.4) is 0 Å². The summed E-state index contributed by atoms with van der Waals surface area (Å²) in [4.78, 5) is 43.4. The smallest absolute Gasteiger partial charge is 0.411 e. The Morgan fingerprint density at radius 2 is 1.95 bits per heavy atom. The molecule has 2 aliphatic rings. The predicted molar refractivity (Wildman–Crippen MR) is 141 cm³/mol. The summed E-state index contributed by atoms with van der Waals surface area (Å²) in [6.45, 7) is 5.39. The van der Waals surface area contributed by atoms with E-state index in [-0.39, 0.29) is 29.8 Å². The minimum Gasteiger partial charge on any atom is -0.444 e. The number of aromatic nitrogens is 1. The van der Waals surface area contributed by atoms with E-state index in [1.807, 2.05) is 18.2 Å². The lowest BCUT2D eigenvalue weighted by molar-refractivity contribution is -0.128. The molecule has 2 N–H and O–H groups in total. The molecule has 0 radical (unpaired) electrons. The highest BCUT2D eigenvalue weighted by atomic mass is 35.5. The van der Waals surface area contributed by atoms with E-state index in [2.05, 4.69) is 16.4 Å². The monoisotopic (exact) mass is 520 g/mol. The first-order chi connectivity index (χ1) is 17.5. The largest absolute Gasteiger partial charge is 0.444 e. The Hall–Kier alpha value is -3.57. The molecule has 4 atom stereocenters. The number of aromatic amines is 1. The van der Waals surface area contributed by atoms with Crippen LogP contribution in [-0.4, -0.2) is 45.6 Å². The first-order valence-corrected chi connectivity index (χ1v) is 12.9. The molecule has 192 valence electrons. The molecule has 1 aliphatic carbocycles. The molecular weight excluding hydrogens is 492 g/mol. The number of rotatable bonds is 4. The van der Waals surface area contributed by atoms with Gasteiger partial charge in [-0.15, -0.1) is 0 Å². The number of piperidine rings is 1. The topological polar surface area (TPSA) is 115 Å². The average molecular weight is 521 g/mol. The van der Waals surface area contributed by atoms with Gasteiger partial charge in [-0.1, -0.05) is 29.8 Å². The third kappa shape index (κ3) is 4.88. The van der Waals surface area contributed by atoms with Crippen LogP contribution >= 0.6 is 11.6 Å². The van der Waals surface area contributed by atoms with E-state index >= 15 is 0 Å². The van der Waals surface area contributed by atoms with E-state index in [0.717, 1.165) is 35.6 Å². The van der Waals surface area contributed by atoms with Crippen molar-refractivity contribution in [2.24, 2.45) is 5.92 Å². The van der Waals surface area contributed by atoms with Gasteiger partial charge in [0.05, 0.1) is 11.6 Å². The van der Waals surface area contributed by atoms with Crippen LogP contribution in [0, 0.1) is 17.2 Å². The normalized spacial score (nSPS) is 21.7. The quantitative estimate of drug-likeness (QED) is 0.485. The van der Waals surface area contributed by atoms with E-state index in [4.69, 9.17) is 16.3 Å². The number of fused-ring (bicyclic) bond motifs is 5. The van der Waals surface area contributed by atoms with Gasteiger partial charge in [0, 0.05) is 28.3 Å². The molecule has 1 aliphatic heterocycles. The van der Waals surface area contributed by atoms with E-state index in [1.165, 1.54) is 0 Å². The van der Waals surface area contributed by atoms with Crippen LogP contribution in [0.5, 0.6) is 0 Å². The number of benzene rings is 2. The fourth-order valence-corrected chi connectivity index (χ4v) is 5.88. The summed E-state index contributed by atoms with van der Waals surface area (Å²) in [6.07, 6.45) is 2.22. The Kier molecular flexibility index (Phi) is 6.36. The van der Waals surface area contributed by atoms with Crippen molar-refractivity contribution in [1.82, 2.24) is 15.2 Å². The lowest BCUT2D eigenvalue weighted by Crippen LogP contribution is -2.55. The molecule has 2 fully saturated rings. The average Bonchev–Trinajstić information content (AvgIpc) is 3.44. The minimum atomic E-state index is -0.817. The van der Waals surface area contributed by atoms with Crippen molar-refractivity contribution < 1.29 is 14.3 Å². The van der Waals surface area contributed by atoms with E-state index in [9.17, 15) is 19.6 Å². The van der Waals surface area contributed by atoms with Crippen LogP contribution in [-0.2, 0) is 16.0 Å². The maximum Gasteiger partial charge on any atom is 0.411 e. The zero-order chi connectivity index (χ0) is 26.5. The molecule has 1 saturated heterocycles. The highest BCUT2D eigenvalue weighted by Crippen LogP contribution is 2.43. The summed E-state index contributed by atoms with van der Waals surface area (Å²) >= 11 is 6.07. The fraction of sp³-hybridized carbons (Fsp3) is 0.429. The molecule has 8 nitrogen and oxygen atoms in total. The number of halogens is 1. The van der Waals surface area contributed by atoms with E-state index < -0.39 is 23.8 Å². The van der Waals surface area contributed by atoms with Crippen molar-refractivity contribution >= 4 is 45.3 Å². The molecular formula is C28H29ClN4O4. The van der Waals surface area contributed by atoms with Crippen molar-refractivity contribution in [2.75, 3.05) is 0 Å². The van der Waals surface area contributed by atoms with E-state index in [0.29, 0.717) is 15.9 Å². The van der Waals surface area contributed by atoms with Crippen LogP contribution < -0.4 is 10.9 Å². The van der Waals surface area contributed by atoms with Crippen LogP contribution in [0.25, 0.3) is 21.7 Å². The minimum absolute atomic E-state index is 0.0203. The number of carbonyl (C=O) groups excluding carboxylic acids is 2. The standard InChI is InChI=1S/C28H29ClN4O4/c1-28(2,3)37-27(36)33-19-7-5-16(12-19)24(33)26(35)31-18(14-30)10-15-4-8-20-21-9-6-17(29)13-23(21)32-25(34)22(20)11-15/h4,6,8-9,11,13,16,18-19,24H,5,7,10,12H2,1-3H3,(H,31,35)(H,32,34). The van der Waals surface area contributed by atoms with Gasteiger partial charge in [0.25, 0.3) is 5.56 Å². The van der Waals surface area contributed by atoms with Crippen molar-refractivity contribution in [3.8, 4) is 6.07 Å². The summed E-state index contributed by atoms with van der Waals surface area (Å²) in [7, 11) is 0. The summed E-state index contributed by atoms with van der Waals surface area (Å²) in [5.41, 5.74) is 0.482. The molecule has 2 heterocycles. The molecule has 9 heteroatoms. The number of H-pyrrole nitrogens is 1.